The van der Waals surface area contributed by atoms with E-state index >= 15 is 0 Å². The lowest BCUT2D eigenvalue weighted by Crippen LogP contribution is -2.40. The number of piperidine rings is 1. The first kappa shape index (κ1) is 13.4. The van der Waals surface area contributed by atoms with E-state index in [9.17, 15) is 4.79 Å². The Hall–Kier alpha value is -2.02. The Kier molecular flexibility index (Phi) is 4.79. The van der Waals surface area contributed by atoms with Crippen molar-refractivity contribution in [3.05, 3.63) is 35.9 Å². The molecule has 4 heteroatoms. The summed E-state index contributed by atoms with van der Waals surface area (Å²) in [5, 5.41) is 8.71. The lowest BCUT2D eigenvalue weighted by molar-refractivity contribution is 0.0795. The zero-order valence-corrected chi connectivity index (χ0v) is 10.9. The fourth-order valence-corrected chi connectivity index (χ4v) is 2.34. The molecule has 1 amide bonds. The van der Waals surface area contributed by atoms with Crippen LogP contribution >= 0.6 is 0 Å². The fourth-order valence-electron chi connectivity index (χ4n) is 2.34. The van der Waals surface area contributed by atoms with Crippen LogP contribution in [-0.4, -0.2) is 24.1 Å². The van der Waals surface area contributed by atoms with Crippen molar-refractivity contribution < 1.29 is 9.53 Å². The number of rotatable bonds is 3. The molecule has 1 aromatic rings. The van der Waals surface area contributed by atoms with E-state index in [-0.39, 0.29) is 6.09 Å². The van der Waals surface area contributed by atoms with Crippen molar-refractivity contribution in [2.75, 3.05) is 13.1 Å². The van der Waals surface area contributed by atoms with Gasteiger partial charge in [0.05, 0.1) is 6.07 Å². The average Bonchev–Trinajstić information content (AvgIpc) is 2.46. The third-order valence-corrected chi connectivity index (χ3v) is 3.36. The van der Waals surface area contributed by atoms with Crippen LogP contribution in [0.1, 0.15) is 24.8 Å². The molecule has 0 spiro atoms. The summed E-state index contributed by atoms with van der Waals surface area (Å²) in [6, 6.07) is 11.8. The number of amides is 1. The summed E-state index contributed by atoms with van der Waals surface area (Å²) in [7, 11) is 0. The first-order valence-corrected chi connectivity index (χ1v) is 6.62. The SMILES string of the molecule is N#CC[C@H]1CCCN(C(=O)OCc2ccccc2)C1. The number of carbonyl (C=O) groups is 1. The third-order valence-electron chi connectivity index (χ3n) is 3.36. The summed E-state index contributed by atoms with van der Waals surface area (Å²) in [5.74, 6) is 0.294. The molecule has 1 heterocycles. The molecule has 100 valence electrons. The van der Waals surface area contributed by atoms with Gasteiger partial charge in [0, 0.05) is 19.5 Å². The van der Waals surface area contributed by atoms with Crippen molar-refractivity contribution in [2.24, 2.45) is 5.92 Å². The summed E-state index contributed by atoms with van der Waals surface area (Å²) in [6.07, 6.45) is 2.22. The van der Waals surface area contributed by atoms with Crippen LogP contribution in [-0.2, 0) is 11.3 Å². The van der Waals surface area contributed by atoms with Gasteiger partial charge < -0.3 is 9.64 Å². The van der Waals surface area contributed by atoms with E-state index in [4.69, 9.17) is 10.00 Å². The monoisotopic (exact) mass is 258 g/mol. The maximum absolute atomic E-state index is 11.9. The molecule has 1 aliphatic rings. The minimum atomic E-state index is -0.272. The molecule has 2 rings (SSSR count). The highest BCUT2D eigenvalue weighted by Gasteiger charge is 2.24. The van der Waals surface area contributed by atoms with Crippen molar-refractivity contribution in [2.45, 2.75) is 25.9 Å². The van der Waals surface area contributed by atoms with Crippen LogP contribution in [0.4, 0.5) is 4.79 Å². The van der Waals surface area contributed by atoms with Crippen LogP contribution in [0.25, 0.3) is 0 Å². The second kappa shape index (κ2) is 6.79. The molecule has 1 atom stereocenters. The van der Waals surface area contributed by atoms with Gasteiger partial charge in [-0.2, -0.15) is 5.26 Å². The number of benzene rings is 1. The summed E-state index contributed by atoms with van der Waals surface area (Å²) in [5.41, 5.74) is 0.987. The molecule has 0 unspecified atom stereocenters. The summed E-state index contributed by atoms with van der Waals surface area (Å²) >= 11 is 0. The van der Waals surface area contributed by atoms with Crippen LogP contribution in [0, 0.1) is 17.2 Å². The molecule has 1 fully saturated rings. The zero-order valence-electron chi connectivity index (χ0n) is 10.9. The van der Waals surface area contributed by atoms with Gasteiger partial charge in [-0.25, -0.2) is 4.79 Å². The maximum Gasteiger partial charge on any atom is 0.410 e. The number of carbonyl (C=O) groups excluding carboxylic acids is 1. The lowest BCUT2D eigenvalue weighted by atomic mass is 9.96. The molecule has 19 heavy (non-hydrogen) atoms. The number of nitriles is 1. The fraction of sp³-hybridized carbons (Fsp3) is 0.467. The van der Waals surface area contributed by atoms with Crippen molar-refractivity contribution >= 4 is 6.09 Å². The maximum atomic E-state index is 11.9. The molecule has 4 nitrogen and oxygen atoms in total. The van der Waals surface area contributed by atoms with Crippen LogP contribution in [0.3, 0.4) is 0 Å². The molecule has 0 bridgehead atoms. The first-order chi connectivity index (χ1) is 9.29. The van der Waals surface area contributed by atoms with Crippen molar-refractivity contribution in [1.82, 2.24) is 4.90 Å². The third kappa shape index (κ3) is 3.99. The molecule has 0 radical (unpaired) electrons. The molecule has 0 aliphatic carbocycles. The minimum absolute atomic E-state index is 0.272. The number of hydrogen-bond donors (Lipinski definition) is 0. The predicted molar refractivity (Wildman–Crippen MR) is 71.2 cm³/mol. The Labute approximate surface area is 113 Å². The van der Waals surface area contributed by atoms with Crippen molar-refractivity contribution in [3.63, 3.8) is 0 Å². The van der Waals surface area contributed by atoms with Gasteiger partial charge in [0.15, 0.2) is 0 Å². The molecule has 1 aliphatic heterocycles. The Morgan fingerprint density at radius 1 is 1.42 bits per heavy atom. The Balaban J connectivity index is 1.81. The Morgan fingerprint density at radius 3 is 2.95 bits per heavy atom. The van der Waals surface area contributed by atoms with Gasteiger partial charge in [0.2, 0.25) is 0 Å². The molecule has 1 saturated heterocycles. The summed E-state index contributed by atoms with van der Waals surface area (Å²) < 4.78 is 5.30. The van der Waals surface area contributed by atoms with Gasteiger partial charge >= 0.3 is 6.09 Å². The molecule has 1 aromatic carbocycles. The normalized spacial score (nSPS) is 18.7. The van der Waals surface area contributed by atoms with Crippen LogP contribution < -0.4 is 0 Å². The Morgan fingerprint density at radius 2 is 2.21 bits per heavy atom. The summed E-state index contributed by atoms with van der Waals surface area (Å²) in [6.45, 7) is 1.68. The van der Waals surface area contributed by atoms with Crippen LogP contribution in [0.5, 0.6) is 0 Å². The highest BCUT2D eigenvalue weighted by atomic mass is 16.6. The van der Waals surface area contributed by atoms with Crippen molar-refractivity contribution in [1.29, 1.82) is 5.26 Å². The first-order valence-electron chi connectivity index (χ1n) is 6.62. The van der Waals surface area contributed by atoms with Gasteiger partial charge in [-0.15, -0.1) is 0 Å². The molecule has 0 aromatic heterocycles. The van der Waals surface area contributed by atoms with E-state index in [1.807, 2.05) is 30.3 Å². The summed E-state index contributed by atoms with van der Waals surface area (Å²) in [4.78, 5) is 13.7. The van der Waals surface area contributed by atoms with E-state index < -0.39 is 0 Å². The van der Waals surface area contributed by atoms with Gasteiger partial charge in [0.1, 0.15) is 6.61 Å². The van der Waals surface area contributed by atoms with Gasteiger partial charge in [-0.05, 0) is 24.3 Å². The minimum Gasteiger partial charge on any atom is -0.445 e. The smallest absolute Gasteiger partial charge is 0.410 e. The predicted octanol–water partition coefficient (Wildman–Crippen LogP) is 2.95. The van der Waals surface area contributed by atoms with E-state index in [1.54, 1.807) is 4.90 Å². The van der Waals surface area contributed by atoms with Crippen LogP contribution in [0.2, 0.25) is 0 Å². The van der Waals surface area contributed by atoms with E-state index in [0.29, 0.717) is 25.5 Å². The molecular weight excluding hydrogens is 240 g/mol. The highest BCUT2D eigenvalue weighted by Crippen LogP contribution is 2.19. The zero-order chi connectivity index (χ0) is 13.5. The number of nitrogens with zero attached hydrogens (tertiary/aromatic N) is 2. The van der Waals surface area contributed by atoms with Crippen LogP contribution in [0.15, 0.2) is 30.3 Å². The molecule has 0 N–H and O–H groups in total. The average molecular weight is 258 g/mol. The largest absolute Gasteiger partial charge is 0.445 e. The standard InChI is InChI=1S/C15H18N2O2/c16-9-8-13-7-4-10-17(11-13)15(18)19-12-14-5-2-1-3-6-14/h1-3,5-6,13H,4,7-8,10-12H2/t13-/m1/s1. The van der Waals surface area contributed by atoms with E-state index in [1.165, 1.54) is 0 Å². The number of ether oxygens (including phenoxy) is 1. The molecule has 0 saturated carbocycles. The van der Waals surface area contributed by atoms with E-state index in [0.717, 1.165) is 24.9 Å². The second-order valence-electron chi connectivity index (χ2n) is 4.86. The van der Waals surface area contributed by atoms with Gasteiger partial charge in [-0.3, -0.25) is 0 Å². The van der Waals surface area contributed by atoms with Gasteiger partial charge in [-0.1, -0.05) is 30.3 Å². The molecular formula is C15H18N2O2. The lowest BCUT2D eigenvalue weighted by Gasteiger charge is -2.30. The number of likely N-dealkylation sites (tertiary alicyclic amines) is 1. The Bertz CT molecular complexity index is 453. The quantitative estimate of drug-likeness (QED) is 0.837. The van der Waals surface area contributed by atoms with E-state index in [2.05, 4.69) is 6.07 Å². The number of hydrogen-bond acceptors (Lipinski definition) is 3. The van der Waals surface area contributed by atoms with Crippen molar-refractivity contribution in [3.8, 4) is 6.07 Å². The van der Waals surface area contributed by atoms with Gasteiger partial charge in [0.25, 0.3) is 0 Å². The highest BCUT2D eigenvalue weighted by molar-refractivity contribution is 5.67. The topological polar surface area (TPSA) is 53.3 Å². The second-order valence-corrected chi connectivity index (χ2v) is 4.86.